The van der Waals surface area contributed by atoms with Gasteiger partial charge < -0.3 is 0 Å². The number of carbonyl (C=O) groups is 1. The molecule has 2 aromatic carbocycles. The van der Waals surface area contributed by atoms with Crippen LogP contribution in [0.25, 0.3) is 10.9 Å². The van der Waals surface area contributed by atoms with Crippen molar-refractivity contribution in [1.29, 1.82) is 0 Å². The van der Waals surface area contributed by atoms with E-state index in [1.165, 1.54) is 14.3 Å². The molecule has 0 atom stereocenters. The molecule has 0 radical (unpaired) electrons. The topological polar surface area (TPSA) is 57.8 Å². The molecule has 2 heterocycles. The van der Waals surface area contributed by atoms with E-state index in [2.05, 4.69) is 45.7 Å². The van der Waals surface area contributed by atoms with Crippen LogP contribution in [0.5, 0.6) is 0 Å². The summed E-state index contributed by atoms with van der Waals surface area (Å²) < 4.78 is 2.46. The number of aromatic nitrogens is 2. The zero-order valence-electron chi connectivity index (χ0n) is 14.0. The number of rotatable bonds is 5. The number of carbonyl (C=O) groups excluding carboxylic acids is 1. The molecule has 5 heteroatoms. The van der Waals surface area contributed by atoms with E-state index in [1.54, 1.807) is 6.20 Å². The van der Waals surface area contributed by atoms with Crippen molar-refractivity contribution in [3.63, 3.8) is 0 Å². The minimum atomic E-state index is -0.0766. The zero-order chi connectivity index (χ0) is 17.8. The van der Waals surface area contributed by atoms with E-state index in [9.17, 15) is 4.79 Å². The molecule has 2 aromatic heterocycles. The van der Waals surface area contributed by atoms with Gasteiger partial charge >= 0.3 is 158 Å². The monoisotopic (exact) mass is 407 g/mol. The molecule has 128 valence electrons. The molecular weight excluding hydrogens is 389 g/mol. The number of nitrogens with one attached hydrogen (secondary N) is 2. The maximum absolute atomic E-state index is 12.4. The van der Waals surface area contributed by atoms with Crippen LogP contribution in [0.15, 0.2) is 79.1 Å². The Bertz CT molecular complexity index is 1040. The summed E-state index contributed by atoms with van der Waals surface area (Å²) in [6, 6.07) is 21.8. The second-order valence-corrected chi connectivity index (χ2v) is 8.17. The Labute approximate surface area is 157 Å². The number of hydrogen-bond donors (Lipinski definition) is 2. The first-order chi connectivity index (χ1) is 12.8. The third-order valence-electron chi connectivity index (χ3n) is 4.03. The van der Waals surface area contributed by atoms with Crippen molar-refractivity contribution in [1.82, 2.24) is 15.3 Å². The number of fused-ring (bicyclic) bond motifs is 1. The van der Waals surface area contributed by atoms with Gasteiger partial charge in [-0.3, -0.25) is 0 Å². The molecule has 0 unspecified atom stereocenters. The Morgan fingerprint density at radius 1 is 1.04 bits per heavy atom. The van der Waals surface area contributed by atoms with Gasteiger partial charge in [0.1, 0.15) is 0 Å². The van der Waals surface area contributed by atoms with Crippen LogP contribution in [0, 0.1) is 0 Å². The van der Waals surface area contributed by atoms with Crippen LogP contribution in [-0.2, 0) is 6.54 Å². The molecule has 0 bridgehead atoms. The van der Waals surface area contributed by atoms with Crippen LogP contribution in [0.2, 0.25) is 0 Å². The van der Waals surface area contributed by atoms with Crippen molar-refractivity contribution in [2.45, 2.75) is 6.54 Å². The number of nitrogens with zero attached hydrogens (tertiary/aromatic N) is 1. The van der Waals surface area contributed by atoms with E-state index in [0.29, 0.717) is 12.1 Å². The van der Waals surface area contributed by atoms with Crippen LogP contribution in [0.3, 0.4) is 0 Å². The Balaban J connectivity index is 1.48. The number of H-pyrrole nitrogens is 1. The van der Waals surface area contributed by atoms with Gasteiger partial charge in [-0.05, 0) is 0 Å². The third-order valence-corrected chi connectivity index (χ3v) is 6.23. The van der Waals surface area contributed by atoms with E-state index in [1.807, 2.05) is 42.5 Å². The van der Waals surface area contributed by atoms with Crippen LogP contribution in [-0.4, -0.2) is 30.8 Å². The first kappa shape index (κ1) is 16.6. The van der Waals surface area contributed by atoms with Crippen molar-refractivity contribution in [2.24, 2.45) is 0 Å². The van der Waals surface area contributed by atoms with Crippen LogP contribution in [0.4, 0.5) is 0 Å². The third kappa shape index (κ3) is 3.69. The predicted octanol–water partition coefficient (Wildman–Crippen LogP) is 2.15. The van der Waals surface area contributed by atoms with Gasteiger partial charge in [-0.2, -0.15) is 0 Å². The average Bonchev–Trinajstić information content (AvgIpc) is 3.10. The standard InChI is InChI=1S/C21H17N3OSe/c25-21(24-13-16-7-3-4-11-22-16)15-6-5-8-17(12-15)26-20-14-23-19-10-2-1-9-18(19)20/h1-12,14,23H,13H2,(H,24,25). The van der Waals surface area contributed by atoms with E-state index in [4.69, 9.17) is 0 Å². The summed E-state index contributed by atoms with van der Waals surface area (Å²) >= 11 is 0.136. The molecule has 0 aliphatic heterocycles. The van der Waals surface area contributed by atoms with Crippen molar-refractivity contribution in [2.75, 3.05) is 0 Å². The number of aromatic amines is 1. The molecule has 0 aliphatic rings. The molecule has 0 fully saturated rings. The van der Waals surface area contributed by atoms with Crippen molar-refractivity contribution < 1.29 is 4.79 Å². The minimum absolute atomic E-state index is 0.0766. The summed E-state index contributed by atoms with van der Waals surface area (Å²) in [6.45, 7) is 0.428. The molecule has 0 saturated heterocycles. The SMILES string of the molecule is O=C(NCc1ccccn1)c1cccc([Se]c2c[nH]c3ccccc23)c1. The quantitative estimate of drug-likeness (QED) is 0.499. The van der Waals surface area contributed by atoms with Gasteiger partial charge in [-0.25, -0.2) is 0 Å². The predicted molar refractivity (Wildman–Crippen MR) is 105 cm³/mol. The Morgan fingerprint density at radius 3 is 2.81 bits per heavy atom. The maximum atomic E-state index is 12.4. The van der Waals surface area contributed by atoms with E-state index in [-0.39, 0.29) is 20.9 Å². The van der Waals surface area contributed by atoms with Gasteiger partial charge in [-0.1, -0.05) is 0 Å². The number of amides is 1. The average molecular weight is 406 g/mol. The van der Waals surface area contributed by atoms with Gasteiger partial charge in [0.25, 0.3) is 0 Å². The van der Waals surface area contributed by atoms with Crippen LogP contribution >= 0.6 is 0 Å². The number of benzene rings is 2. The molecule has 26 heavy (non-hydrogen) atoms. The molecule has 0 spiro atoms. The van der Waals surface area contributed by atoms with Crippen molar-refractivity contribution in [3.8, 4) is 0 Å². The Hall–Kier alpha value is -2.88. The van der Waals surface area contributed by atoms with E-state index < -0.39 is 0 Å². The molecule has 4 aromatic rings. The number of pyridine rings is 1. The van der Waals surface area contributed by atoms with E-state index >= 15 is 0 Å². The summed E-state index contributed by atoms with van der Waals surface area (Å²) in [5.41, 5.74) is 2.67. The van der Waals surface area contributed by atoms with Gasteiger partial charge in [0.15, 0.2) is 0 Å². The fraction of sp³-hybridized carbons (Fsp3) is 0.0476. The Kier molecular flexibility index (Phi) is 4.82. The van der Waals surface area contributed by atoms with Crippen molar-refractivity contribution >= 4 is 40.7 Å². The molecule has 0 saturated carbocycles. The fourth-order valence-corrected chi connectivity index (χ4v) is 4.81. The molecule has 4 rings (SSSR count). The van der Waals surface area contributed by atoms with Gasteiger partial charge in [0, 0.05) is 0 Å². The summed E-state index contributed by atoms with van der Waals surface area (Å²) in [5, 5.41) is 4.18. The molecule has 4 nitrogen and oxygen atoms in total. The van der Waals surface area contributed by atoms with Crippen LogP contribution < -0.4 is 14.2 Å². The second kappa shape index (κ2) is 7.56. The van der Waals surface area contributed by atoms with Crippen LogP contribution in [0.1, 0.15) is 16.1 Å². The molecule has 2 N–H and O–H groups in total. The normalized spacial score (nSPS) is 10.8. The summed E-state index contributed by atoms with van der Waals surface area (Å²) in [5.74, 6) is -0.0766. The second-order valence-electron chi connectivity index (χ2n) is 5.83. The zero-order valence-corrected chi connectivity index (χ0v) is 15.7. The van der Waals surface area contributed by atoms with Gasteiger partial charge in [-0.15, -0.1) is 0 Å². The summed E-state index contributed by atoms with van der Waals surface area (Å²) in [6.07, 6.45) is 3.80. The molecule has 1 amide bonds. The Morgan fingerprint density at radius 2 is 1.92 bits per heavy atom. The first-order valence-corrected chi connectivity index (χ1v) is 10.0. The molecular formula is C21H17N3OSe. The number of para-hydroxylation sites is 1. The van der Waals surface area contributed by atoms with Crippen molar-refractivity contribution in [3.05, 3.63) is 90.4 Å². The van der Waals surface area contributed by atoms with Gasteiger partial charge in [0.05, 0.1) is 0 Å². The van der Waals surface area contributed by atoms with Gasteiger partial charge in [0.2, 0.25) is 0 Å². The first-order valence-electron chi connectivity index (χ1n) is 8.32. The molecule has 0 aliphatic carbocycles. The fourth-order valence-electron chi connectivity index (χ4n) is 2.73. The summed E-state index contributed by atoms with van der Waals surface area (Å²) in [4.78, 5) is 20.0. The number of hydrogen-bond acceptors (Lipinski definition) is 2. The van der Waals surface area contributed by atoms with E-state index in [0.717, 1.165) is 11.2 Å². The summed E-state index contributed by atoms with van der Waals surface area (Å²) in [7, 11) is 0.